The number of hydrogen-bond donors (Lipinski definition) is 1. The number of aryl methyl sites for hydroxylation is 1. The summed E-state index contributed by atoms with van der Waals surface area (Å²) in [4.78, 5) is 24.4. The third-order valence-electron chi connectivity index (χ3n) is 5.20. The number of esters is 1. The molecule has 1 fully saturated rings. The molecule has 0 unspecified atom stereocenters. The van der Waals surface area contributed by atoms with Crippen LogP contribution in [0.2, 0.25) is 0 Å². The fourth-order valence-corrected chi connectivity index (χ4v) is 5.22. The molecular weight excluding hydrogens is 404 g/mol. The summed E-state index contributed by atoms with van der Waals surface area (Å²) in [6, 6.07) is 11.0. The van der Waals surface area contributed by atoms with E-state index in [0.29, 0.717) is 29.9 Å². The lowest BCUT2D eigenvalue weighted by atomic mass is 10.1. The average molecular weight is 431 g/mol. The first kappa shape index (κ1) is 22.0. The Morgan fingerprint density at radius 2 is 1.53 bits per heavy atom. The molecule has 8 heteroatoms. The molecule has 0 spiro atoms. The van der Waals surface area contributed by atoms with E-state index in [1.54, 1.807) is 43.3 Å². The van der Waals surface area contributed by atoms with Crippen LogP contribution in [0, 0.1) is 6.92 Å². The van der Waals surface area contributed by atoms with Gasteiger partial charge in [0.15, 0.2) is 0 Å². The van der Waals surface area contributed by atoms with Crippen LogP contribution in [0.15, 0.2) is 47.4 Å². The Labute approximate surface area is 177 Å². The van der Waals surface area contributed by atoms with Gasteiger partial charge in [0, 0.05) is 24.3 Å². The zero-order valence-corrected chi connectivity index (χ0v) is 18.0. The van der Waals surface area contributed by atoms with Gasteiger partial charge < -0.3 is 10.1 Å². The Kier molecular flexibility index (Phi) is 6.89. The van der Waals surface area contributed by atoms with E-state index in [-0.39, 0.29) is 10.5 Å². The van der Waals surface area contributed by atoms with Crippen molar-refractivity contribution in [1.82, 2.24) is 4.31 Å². The average Bonchev–Trinajstić information content (AvgIpc) is 3.04. The molecule has 30 heavy (non-hydrogen) atoms. The molecule has 7 nitrogen and oxygen atoms in total. The number of ether oxygens (including phenoxy) is 1. The number of sulfonamides is 1. The summed E-state index contributed by atoms with van der Waals surface area (Å²) in [6.45, 7) is 2.74. The van der Waals surface area contributed by atoms with Gasteiger partial charge in [-0.25, -0.2) is 13.2 Å². The van der Waals surface area contributed by atoms with Crippen LogP contribution in [0.25, 0.3) is 0 Å². The van der Waals surface area contributed by atoms with Crippen molar-refractivity contribution in [2.75, 3.05) is 25.5 Å². The minimum Gasteiger partial charge on any atom is -0.465 e. The maximum atomic E-state index is 13.2. The highest BCUT2D eigenvalue weighted by molar-refractivity contribution is 7.89. The van der Waals surface area contributed by atoms with E-state index in [0.717, 1.165) is 25.7 Å². The van der Waals surface area contributed by atoms with Crippen molar-refractivity contribution in [2.24, 2.45) is 0 Å². The monoisotopic (exact) mass is 430 g/mol. The zero-order chi connectivity index (χ0) is 21.7. The molecule has 0 bridgehead atoms. The van der Waals surface area contributed by atoms with E-state index in [1.807, 2.05) is 0 Å². The number of benzene rings is 2. The van der Waals surface area contributed by atoms with Crippen molar-refractivity contribution in [3.8, 4) is 0 Å². The lowest BCUT2D eigenvalue weighted by molar-refractivity contribution is 0.0600. The van der Waals surface area contributed by atoms with E-state index < -0.39 is 21.9 Å². The molecule has 0 atom stereocenters. The highest BCUT2D eigenvalue weighted by Gasteiger charge is 2.27. The second kappa shape index (κ2) is 9.40. The first-order chi connectivity index (χ1) is 14.3. The van der Waals surface area contributed by atoms with Gasteiger partial charge in [0.2, 0.25) is 10.0 Å². The minimum atomic E-state index is -3.66. The van der Waals surface area contributed by atoms with Gasteiger partial charge >= 0.3 is 5.97 Å². The molecule has 1 N–H and O–H groups in total. The Morgan fingerprint density at radius 3 is 2.13 bits per heavy atom. The van der Waals surface area contributed by atoms with E-state index in [2.05, 4.69) is 10.1 Å². The molecule has 1 saturated heterocycles. The van der Waals surface area contributed by atoms with Crippen molar-refractivity contribution in [1.29, 1.82) is 0 Å². The van der Waals surface area contributed by atoms with Gasteiger partial charge in [-0.2, -0.15) is 4.31 Å². The van der Waals surface area contributed by atoms with Crippen molar-refractivity contribution in [2.45, 2.75) is 37.5 Å². The summed E-state index contributed by atoms with van der Waals surface area (Å²) in [5, 5.41) is 2.73. The third-order valence-corrected chi connectivity index (χ3v) is 7.24. The summed E-state index contributed by atoms with van der Waals surface area (Å²) in [7, 11) is -2.36. The number of hydrogen-bond acceptors (Lipinski definition) is 5. The Morgan fingerprint density at radius 1 is 0.933 bits per heavy atom. The molecule has 1 amide bonds. The van der Waals surface area contributed by atoms with Crippen molar-refractivity contribution in [3.05, 3.63) is 59.2 Å². The lowest BCUT2D eigenvalue weighted by Gasteiger charge is -2.21. The van der Waals surface area contributed by atoms with Crippen LogP contribution in [0.4, 0.5) is 5.69 Å². The fraction of sp³-hybridized carbons (Fsp3) is 0.364. The molecule has 1 heterocycles. The van der Waals surface area contributed by atoms with E-state index in [4.69, 9.17) is 0 Å². The topological polar surface area (TPSA) is 92.8 Å². The van der Waals surface area contributed by atoms with Crippen molar-refractivity contribution >= 4 is 27.6 Å². The summed E-state index contributed by atoms with van der Waals surface area (Å²) >= 11 is 0. The highest BCUT2D eigenvalue weighted by Crippen LogP contribution is 2.24. The van der Waals surface area contributed by atoms with Gasteiger partial charge in [-0.1, -0.05) is 18.9 Å². The van der Waals surface area contributed by atoms with Crippen molar-refractivity contribution < 1.29 is 22.7 Å². The van der Waals surface area contributed by atoms with Gasteiger partial charge in [0.1, 0.15) is 0 Å². The van der Waals surface area contributed by atoms with Crippen molar-refractivity contribution in [3.63, 3.8) is 0 Å². The largest absolute Gasteiger partial charge is 0.465 e. The summed E-state index contributed by atoms with van der Waals surface area (Å²) in [5.74, 6) is -0.886. The first-order valence-electron chi connectivity index (χ1n) is 9.93. The molecule has 0 radical (unpaired) electrons. The molecule has 0 saturated carbocycles. The SMILES string of the molecule is COC(=O)c1ccc(NC(=O)c2ccc(C)c(S(=O)(=O)N3CCCCCC3)c2)cc1. The van der Waals surface area contributed by atoms with Crippen LogP contribution in [0.3, 0.4) is 0 Å². The fourth-order valence-electron chi connectivity index (χ4n) is 3.45. The maximum absolute atomic E-state index is 13.2. The summed E-state index contributed by atoms with van der Waals surface area (Å²) in [5.41, 5.74) is 1.73. The Bertz CT molecular complexity index is 1020. The number of amides is 1. The van der Waals surface area contributed by atoms with Gasteiger partial charge in [-0.05, 0) is 61.7 Å². The smallest absolute Gasteiger partial charge is 0.337 e. The number of rotatable bonds is 5. The van der Waals surface area contributed by atoms with E-state index in [9.17, 15) is 18.0 Å². The second-order valence-corrected chi connectivity index (χ2v) is 9.23. The predicted octanol–water partition coefficient (Wildman–Crippen LogP) is 3.60. The molecular formula is C22H26N2O5S. The van der Waals surface area contributed by atoms with Crippen LogP contribution < -0.4 is 5.32 Å². The molecule has 160 valence electrons. The molecule has 2 aromatic rings. The Balaban J connectivity index is 1.81. The summed E-state index contributed by atoms with van der Waals surface area (Å²) in [6.07, 6.45) is 3.75. The van der Waals surface area contributed by atoms with Gasteiger partial charge in [-0.3, -0.25) is 4.79 Å². The maximum Gasteiger partial charge on any atom is 0.337 e. The molecule has 1 aliphatic rings. The normalized spacial score (nSPS) is 15.3. The number of nitrogens with one attached hydrogen (secondary N) is 1. The highest BCUT2D eigenvalue weighted by atomic mass is 32.2. The first-order valence-corrected chi connectivity index (χ1v) is 11.4. The van der Waals surface area contributed by atoms with Crippen LogP contribution in [0.5, 0.6) is 0 Å². The number of anilines is 1. The molecule has 0 aliphatic carbocycles. The third kappa shape index (κ3) is 4.88. The van der Waals surface area contributed by atoms with Crippen LogP contribution in [0.1, 0.15) is 52.0 Å². The molecule has 3 rings (SSSR count). The number of nitrogens with zero attached hydrogens (tertiary/aromatic N) is 1. The number of carbonyl (C=O) groups is 2. The Hall–Kier alpha value is -2.71. The van der Waals surface area contributed by atoms with Gasteiger partial charge in [0.25, 0.3) is 5.91 Å². The van der Waals surface area contributed by atoms with E-state index in [1.165, 1.54) is 17.5 Å². The number of methoxy groups -OCH3 is 1. The predicted molar refractivity (Wildman–Crippen MR) is 114 cm³/mol. The van der Waals surface area contributed by atoms with Crippen LogP contribution in [-0.2, 0) is 14.8 Å². The van der Waals surface area contributed by atoms with Crippen LogP contribution in [-0.4, -0.2) is 44.8 Å². The van der Waals surface area contributed by atoms with E-state index >= 15 is 0 Å². The van der Waals surface area contributed by atoms with Crippen LogP contribution >= 0.6 is 0 Å². The number of carbonyl (C=O) groups excluding carboxylic acids is 2. The molecule has 2 aromatic carbocycles. The van der Waals surface area contributed by atoms with Gasteiger partial charge in [-0.15, -0.1) is 0 Å². The molecule has 1 aliphatic heterocycles. The van der Waals surface area contributed by atoms with Gasteiger partial charge in [0.05, 0.1) is 17.6 Å². The standard InChI is InChI=1S/C22H26N2O5S/c1-16-7-8-18(15-20(16)30(27,28)24-13-5-3-4-6-14-24)21(25)23-19-11-9-17(10-12-19)22(26)29-2/h7-12,15H,3-6,13-14H2,1-2H3,(H,23,25). The summed E-state index contributed by atoms with van der Waals surface area (Å²) < 4.78 is 32.5. The molecule has 0 aromatic heterocycles. The second-order valence-electron chi connectivity index (χ2n) is 7.32. The quantitative estimate of drug-likeness (QED) is 0.732. The lowest BCUT2D eigenvalue weighted by Crippen LogP contribution is -2.32. The zero-order valence-electron chi connectivity index (χ0n) is 17.2. The minimum absolute atomic E-state index is 0.165.